The second-order valence-corrected chi connectivity index (χ2v) is 10.7. The predicted octanol–water partition coefficient (Wildman–Crippen LogP) is 2.17. The Bertz CT molecular complexity index is 1680. The molecule has 3 aliphatic heterocycles. The van der Waals surface area contributed by atoms with Gasteiger partial charge in [-0.2, -0.15) is 8.78 Å². The molecule has 2 N–H and O–H groups in total. The van der Waals surface area contributed by atoms with Gasteiger partial charge in [0.05, 0.1) is 56.0 Å². The van der Waals surface area contributed by atoms with Gasteiger partial charge in [0.2, 0.25) is 0 Å². The average Bonchev–Trinajstić information content (AvgIpc) is 3.42. The van der Waals surface area contributed by atoms with Crippen LogP contribution in [0.2, 0.25) is 0 Å². The smallest absolute Gasteiger partial charge is 0.414 e. The lowest BCUT2D eigenvalue weighted by molar-refractivity contribution is -0.132. The minimum absolute atomic E-state index is 0.0989. The molecule has 0 aliphatic carbocycles. The van der Waals surface area contributed by atoms with Crippen LogP contribution >= 0.6 is 0 Å². The number of cyclic esters (lactones) is 1. The minimum atomic E-state index is -3.23. The lowest BCUT2D eigenvalue weighted by Crippen LogP contribution is -2.43. The average molecular weight is 636 g/mol. The molecule has 0 spiro atoms. The number of halogens is 4. The molecular formula is C28H29F4N7O6. The molecule has 4 heterocycles. The van der Waals surface area contributed by atoms with E-state index in [2.05, 4.69) is 5.32 Å². The molecule has 3 aromatic rings. The topological polar surface area (TPSA) is 130 Å². The van der Waals surface area contributed by atoms with E-state index in [1.807, 2.05) is 5.32 Å². The van der Waals surface area contributed by atoms with Crippen LogP contribution in [0.3, 0.4) is 0 Å². The molecule has 13 nitrogen and oxygen atoms in total. The van der Waals surface area contributed by atoms with Gasteiger partial charge in [-0.3, -0.25) is 19.2 Å². The first kappa shape index (κ1) is 30.2. The van der Waals surface area contributed by atoms with Gasteiger partial charge in [-0.05, 0) is 18.2 Å². The van der Waals surface area contributed by atoms with E-state index in [4.69, 9.17) is 9.47 Å². The van der Waals surface area contributed by atoms with Gasteiger partial charge in [-0.1, -0.05) is 0 Å². The van der Waals surface area contributed by atoms with Crippen molar-refractivity contribution in [2.24, 2.45) is 0 Å². The van der Waals surface area contributed by atoms with Gasteiger partial charge in [-0.15, -0.1) is 0 Å². The summed E-state index contributed by atoms with van der Waals surface area (Å²) in [6.45, 7) is 1.85. The zero-order valence-electron chi connectivity index (χ0n) is 23.8. The fraction of sp³-hybridized carbons (Fsp3) is 0.429. The maximum absolute atomic E-state index is 15.4. The lowest BCUT2D eigenvalue weighted by Gasteiger charge is -2.26. The number of nitrogens with one attached hydrogen (secondary N) is 2. The molecule has 4 amide bonds. The SMILES string of the molecule is O=C(NC[C@H]1CN(c2cc(F)c(N3CCn4c(=O)c5cc(NC(=O)N6CCOCC6)ccc5n4CC3)c(F)c2)C(=O)O1)C(F)F. The Morgan fingerprint density at radius 2 is 1.62 bits per heavy atom. The van der Waals surface area contributed by atoms with Crippen molar-refractivity contribution in [1.29, 1.82) is 0 Å². The van der Waals surface area contributed by atoms with Crippen molar-refractivity contribution in [3.8, 4) is 0 Å². The van der Waals surface area contributed by atoms with Gasteiger partial charge >= 0.3 is 18.5 Å². The largest absolute Gasteiger partial charge is 0.442 e. The molecule has 2 saturated heterocycles. The molecule has 0 unspecified atom stereocenters. The van der Waals surface area contributed by atoms with Crippen LogP contribution in [-0.2, 0) is 27.4 Å². The second-order valence-electron chi connectivity index (χ2n) is 10.7. The number of hydrogen-bond acceptors (Lipinski definition) is 7. The number of rotatable bonds is 6. The third kappa shape index (κ3) is 5.99. The fourth-order valence-electron chi connectivity index (χ4n) is 5.73. The van der Waals surface area contributed by atoms with Gasteiger partial charge in [0.1, 0.15) is 11.8 Å². The van der Waals surface area contributed by atoms with Crippen LogP contribution < -0.4 is 26.0 Å². The van der Waals surface area contributed by atoms with Crippen molar-refractivity contribution in [1.82, 2.24) is 19.6 Å². The Morgan fingerprint density at radius 1 is 0.933 bits per heavy atom. The van der Waals surface area contributed by atoms with E-state index in [9.17, 15) is 28.0 Å². The van der Waals surface area contributed by atoms with E-state index < -0.39 is 36.2 Å². The zero-order chi connectivity index (χ0) is 31.8. The van der Waals surface area contributed by atoms with Crippen molar-refractivity contribution >= 4 is 46.0 Å². The monoisotopic (exact) mass is 635 g/mol. The third-order valence-electron chi connectivity index (χ3n) is 7.95. The number of anilines is 3. The number of urea groups is 1. The minimum Gasteiger partial charge on any atom is -0.442 e. The number of ether oxygens (including phenoxy) is 2. The van der Waals surface area contributed by atoms with Gasteiger partial charge in [0, 0.05) is 44.0 Å². The first-order chi connectivity index (χ1) is 21.6. The highest BCUT2D eigenvalue weighted by molar-refractivity contribution is 5.93. The van der Waals surface area contributed by atoms with Crippen molar-refractivity contribution < 1.29 is 41.4 Å². The summed E-state index contributed by atoms with van der Waals surface area (Å²) >= 11 is 0. The van der Waals surface area contributed by atoms with Crippen molar-refractivity contribution in [3.05, 3.63) is 52.3 Å². The van der Waals surface area contributed by atoms with E-state index in [0.717, 1.165) is 17.0 Å². The highest BCUT2D eigenvalue weighted by atomic mass is 19.3. The molecule has 6 rings (SSSR count). The summed E-state index contributed by atoms with van der Waals surface area (Å²) in [4.78, 5) is 53.4. The molecule has 0 radical (unpaired) electrons. The number of hydrogen-bond donors (Lipinski definition) is 2. The normalized spacial score (nSPS) is 18.6. The van der Waals surface area contributed by atoms with Gasteiger partial charge in [0.15, 0.2) is 11.6 Å². The highest BCUT2D eigenvalue weighted by Gasteiger charge is 2.34. The number of nitrogens with zero attached hydrogens (tertiary/aromatic N) is 5. The number of aromatic nitrogens is 2. The van der Waals surface area contributed by atoms with Crippen LogP contribution in [0.15, 0.2) is 35.1 Å². The molecule has 240 valence electrons. The molecule has 17 heteroatoms. The summed E-state index contributed by atoms with van der Waals surface area (Å²) in [5, 5.41) is 5.16. The molecular weight excluding hydrogens is 606 g/mol. The molecule has 0 saturated carbocycles. The summed E-state index contributed by atoms with van der Waals surface area (Å²) in [6.07, 6.45) is -5.17. The third-order valence-corrected chi connectivity index (χ3v) is 7.95. The molecule has 3 aliphatic rings. The number of alkyl halides is 2. The maximum atomic E-state index is 15.4. The summed E-state index contributed by atoms with van der Waals surface area (Å²) < 4.78 is 69.2. The zero-order valence-corrected chi connectivity index (χ0v) is 23.8. The molecule has 45 heavy (non-hydrogen) atoms. The Hall–Kier alpha value is -4.80. The first-order valence-corrected chi connectivity index (χ1v) is 14.3. The Kier molecular flexibility index (Phi) is 8.26. The molecule has 0 bridgehead atoms. The predicted molar refractivity (Wildman–Crippen MR) is 153 cm³/mol. The molecule has 2 aromatic carbocycles. The van der Waals surface area contributed by atoms with Crippen LogP contribution in [0.5, 0.6) is 0 Å². The van der Waals surface area contributed by atoms with Crippen LogP contribution in [0.25, 0.3) is 10.9 Å². The number of fused-ring (bicyclic) bond motifs is 3. The number of benzene rings is 2. The van der Waals surface area contributed by atoms with Gasteiger partial charge < -0.3 is 29.9 Å². The van der Waals surface area contributed by atoms with Crippen molar-refractivity contribution in [2.75, 3.05) is 67.6 Å². The summed E-state index contributed by atoms with van der Waals surface area (Å²) in [6, 6.07) is 6.67. The van der Waals surface area contributed by atoms with E-state index in [1.54, 1.807) is 27.8 Å². The number of morpholine rings is 1. The van der Waals surface area contributed by atoms with E-state index in [-0.39, 0.29) is 62.2 Å². The highest BCUT2D eigenvalue weighted by Crippen LogP contribution is 2.32. The van der Waals surface area contributed by atoms with Crippen molar-refractivity contribution in [2.45, 2.75) is 25.6 Å². The van der Waals surface area contributed by atoms with Crippen LogP contribution in [0.1, 0.15) is 0 Å². The number of amides is 4. The molecule has 2 fully saturated rings. The molecule has 1 aromatic heterocycles. The first-order valence-electron chi connectivity index (χ1n) is 14.3. The molecule has 1 atom stereocenters. The Labute approximate surface area is 252 Å². The fourth-order valence-corrected chi connectivity index (χ4v) is 5.73. The van der Waals surface area contributed by atoms with E-state index in [0.29, 0.717) is 42.9 Å². The summed E-state index contributed by atoms with van der Waals surface area (Å²) in [7, 11) is 0. The number of carbonyl (C=O) groups excluding carboxylic acids is 3. The number of carbonyl (C=O) groups is 3. The van der Waals surface area contributed by atoms with Crippen LogP contribution in [-0.4, -0.2) is 97.3 Å². The second kappa shape index (κ2) is 12.3. The lowest BCUT2D eigenvalue weighted by atomic mass is 10.2. The van der Waals surface area contributed by atoms with Crippen molar-refractivity contribution in [3.63, 3.8) is 0 Å². The van der Waals surface area contributed by atoms with Gasteiger partial charge in [0.25, 0.3) is 11.5 Å². The van der Waals surface area contributed by atoms with E-state index in [1.165, 1.54) is 9.58 Å². The van der Waals surface area contributed by atoms with E-state index >= 15 is 8.78 Å². The summed E-state index contributed by atoms with van der Waals surface area (Å²) in [5.41, 5.74) is 0.297. The quantitative estimate of drug-likeness (QED) is 0.397. The van der Waals surface area contributed by atoms with Crippen LogP contribution in [0.4, 0.5) is 44.2 Å². The standard InChI is InChI=1S/C28H29F4N7O6/c29-20-12-17(37-15-18(45-28(37)43)14-33-25(40)24(31)32)13-21(30)23(20)35-3-5-38-22-2-1-16(11-19(22)26(41)39(38)6-4-35)34-27(42)36-7-9-44-10-8-36/h1-2,11-13,18,24H,3-10,14-15H2,(H,33,40)(H,34,42)/t18-/m0/s1. The maximum Gasteiger partial charge on any atom is 0.414 e. The Morgan fingerprint density at radius 3 is 2.31 bits per heavy atom. The van der Waals surface area contributed by atoms with Gasteiger partial charge in [-0.25, -0.2) is 23.1 Å². The summed E-state index contributed by atoms with van der Waals surface area (Å²) in [5.74, 6) is -3.42. The van der Waals surface area contributed by atoms with Crippen LogP contribution in [0, 0.1) is 11.6 Å². The Balaban J connectivity index is 1.15.